The molecule has 1 aliphatic heterocycles. The Kier molecular flexibility index (Phi) is 5.39. The van der Waals surface area contributed by atoms with Crippen LogP contribution in [0.2, 0.25) is 0 Å². The summed E-state index contributed by atoms with van der Waals surface area (Å²) in [5.41, 5.74) is 3.52. The second-order valence-electron chi connectivity index (χ2n) is 7.30. The summed E-state index contributed by atoms with van der Waals surface area (Å²) < 4.78 is 32.5. The van der Waals surface area contributed by atoms with Gasteiger partial charge in [-0.25, -0.2) is 13.6 Å². The molecule has 30 heavy (non-hydrogen) atoms. The minimum absolute atomic E-state index is 0.226. The van der Waals surface area contributed by atoms with Crippen LogP contribution in [0.4, 0.5) is 25.1 Å². The van der Waals surface area contributed by atoms with E-state index in [4.69, 9.17) is 4.52 Å². The Bertz CT molecular complexity index is 1070. The third-order valence-electron chi connectivity index (χ3n) is 5.40. The highest BCUT2D eigenvalue weighted by atomic mass is 19.1. The monoisotopic (exact) mass is 412 g/mol. The summed E-state index contributed by atoms with van der Waals surface area (Å²) in [6.45, 7) is 6.00. The summed E-state index contributed by atoms with van der Waals surface area (Å²) in [5.74, 6) is -0.821. The number of carbonyl (C=O) groups is 1. The van der Waals surface area contributed by atoms with Crippen molar-refractivity contribution in [3.63, 3.8) is 0 Å². The molecule has 4 rings (SSSR count). The van der Waals surface area contributed by atoms with Crippen molar-refractivity contribution < 1.29 is 18.1 Å². The maximum atomic E-state index is 14.1. The fourth-order valence-corrected chi connectivity index (χ4v) is 3.47. The summed E-state index contributed by atoms with van der Waals surface area (Å²) in [6, 6.07) is 10.8. The molecule has 0 aliphatic carbocycles. The maximum absolute atomic E-state index is 14.1. The Morgan fingerprint density at radius 2 is 1.83 bits per heavy atom. The highest BCUT2D eigenvalue weighted by Gasteiger charge is 2.23. The number of benzene rings is 2. The Hall–Kier alpha value is -3.42. The Balaban J connectivity index is 1.42. The molecule has 0 radical (unpaired) electrons. The van der Waals surface area contributed by atoms with Gasteiger partial charge in [0.1, 0.15) is 11.6 Å². The first-order valence-corrected chi connectivity index (χ1v) is 9.71. The molecule has 1 N–H and O–H groups in total. The van der Waals surface area contributed by atoms with Crippen molar-refractivity contribution in [3.05, 3.63) is 65.4 Å². The fourth-order valence-electron chi connectivity index (χ4n) is 3.47. The van der Waals surface area contributed by atoms with E-state index in [1.165, 1.54) is 12.1 Å². The highest BCUT2D eigenvalue weighted by molar-refractivity contribution is 5.88. The summed E-state index contributed by atoms with van der Waals surface area (Å²) in [5, 5.41) is 6.61. The second kappa shape index (κ2) is 8.14. The maximum Gasteiger partial charge on any atom is 0.324 e. The topological polar surface area (TPSA) is 61.6 Å². The Morgan fingerprint density at radius 3 is 2.50 bits per heavy atom. The quantitative estimate of drug-likeness (QED) is 0.684. The molecule has 3 aromatic rings. The Morgan fingerprint density at radius 1 is 1.07 bits per heavy atom. The van der Waals surface area contributed by atoms with E-state index in [0.29, 0.717) is 43.2 Å². The van der Waals surface area contributed by atoms with Crippen LogP contribution in [0.1, 0.15) is 11.3 Å². The molecule has 1 aliphatic rings. The van der Waals surface area contributed by atoms with Gasteiger partial charge in [-0.2, -0.15) is 0 Å². The number of aromatic nitrogens is 1. The molecule has 8 heteroatoms. The Labute approximate surface area is 173 Å². The fraction of sp³-hybridized carbons (Fsp3) is 0.273. The summed E-state index contributed by atoms with van der Waals surface area (Å²) >= 11 is 0. The van der Waals surface area contributed by atoms with Crippen molar-refractivity contribution in [2.24, 2.45) is 0 Å². The standard InChI is InChI=1S/C22H22F2N4O2/c1-14-15(2)26-30-21(14)25-22(29)28-10-8-27(9-11-28)18-5-3-4-16(12-18)19-7-6-17(23)13-20(19)24/h3-7,12-13H,8-11H2,1-2H3,(H,25,29). The summed E-state index contributed by atoms with van der Waals surface area (Å²) in [4.78, 5) is 16.4. The van der Waals surface area contributed by atoms with Gasteiger partial charge < -0.3 is 14.3 Å². The van der Waals surface area contributed by atoms with E-state index in [2.05, 4.69) is 15.4 Å². The van der Waals surface area contributed by atoms with Crippen molar-refractivity contribution in [2.45, 2.75) is 13.8 Å². The molecule has 6 nitrogen and oxygen atoms in total. The number of hydrogen-bond donors (Lipinski definition) is 1. The lowest BCUT2D eigenvalue weighted by Gasteiger charge is -2.36. The number of nitrogens with zero attached hydrogens (tertiary/aromatic N) is 3. The van der Waals surface area contributed by atoms with Gasteiger partial charge in [0.15, 0.2) is 0 Å². The highest BCUT2D eigenvalue weighted by Crippen LogP contribution is 2.28. The number of rotatable bonds is 3. The van der Waals surface area contributed by atoms with Crippen LogP contribution >= 0.6 is 0 Å². The van der Waals surface area contributed by atoms with Crippen LogP contribution in [-0.4, -0.2) is 42.3 Å². The minimum atomic E-state index is -0.600. The zero-order chi connectivity index (χ0) is 21.3. The number of anilines is 2. The van der Waals surface area contributed by atoms with Gasteiger partial charge in [-0.15, -0.1) is 0 Å². The summed E-state index contributed by atoms with van der Waals surface area (Å²) in [7, 11) is 0. The van der Waals surface area contributed by atoms with Crippen LogP contribution in [0.5, 0.6) is 0 Å². The number of nitrogens with one attached hydrogen (secondary N) is 1. The first-order chi connectivity index (χ1) is 14.4. The number of urea groups is 1. The van der Waals surface area contributed by atoms with Crippen LogP contribution in [-0.2, 0) is 0 Å². The number of amides is 2. The van der Waals surface area contributed by atoms with Crippen molar-refractivity contribution in [1.82, 2.24) is 10.1 Å². The molecule has 0 spiro atoms. The SMILES string of the molecule is Cc1noc(NC(=O)N2CCN(c3cccc(-c4ccc(F)cc4F)c3)CC2)c1C. The van der Waals surface area contributed by atoms with Gasteiger partial charge in [0, 0.05) is 49.1 Å². The van der Waals surface area contributed by atoms with Gasteiger partial charge in [0.05, 0.1) is 5.69 Å². The molecule has 1 aromatic heterocycles. The first kappa shape index (κ1) is 19.9. The van der Waals surface area contributed by atoms with E-state index in [1.54, 1.807) is 11.0 Å². The molecule has 2 amide bonds. The molecule has 0 bridgehead atoms. The zero-order valence-electron chi connectivity index (χ0n) is 16.8. The van der Waals surface area contributed by atoms with E-state index in [-0.39, 0.29) is 6.03 Å². The lowest BCUT2D eigenvalue weighted by Crippen LogP contribution is -2.50. The van der Waals surface area contributed by atoms with Crippen LogP contribution in [0.25, 0.3) is 11.1 Å². The van der Waals surface area contributed by atoms with Crippen molar-refractivity contribution in [3.8, 4) is 11.1 Å². The average molecular weight is 412 g/mol. The minimum Gasteiger partial charge on any atom is -0.368 e. The largest absolute Gasteiger partial charge is 0.368 e. The van der Waals surface area contributed by atoms with E-state index >= 15 is 0 Å². The lowest BCUT2D eigenvalue weighted by atomic mass is 10.0. The van der Waals surface area contributed by atoms with Gasteiger partial charge in [0.2, 0.25) is 5.88 Å². The zero-order valence-corrected chi connectivity index (χ0v) is 16.8. The van der Waals surface area contributed by atoms with Gasteiger partial charge in [-0.05, 0) is 43.7 Å². The summed E-state index contributed by atoms with van der Waals surface area (Å²) in [6.07, 6.45) is 0. The van der Waals surface area contributed by atoms with Crippen LogP contribution in [0, 0.1) is 25.5 Å². The van der Waals surface area contributed by atoms with Crippen LogP contribution in [0.3, 0.4) is 0 Å². The lowest BCUT2D eigenvalue weighted by molar-refractivity contribution is 0.207. The third kappa shape index (κ3) is 3.98. The molecule has 2 heterocycles. The van der Waals surface area contributed by atoms with Gasteiger partial charge in [0.25, 0.3) is 0 Å². The molecular formula is C22H22F2N4O2. The predicted octanol–water partition coefficient (Wildman–Crippen LogP) is 4.59. The van der Waals surface area contributed by atoms with Crippen molar-refractivity contribution >= 4 is 17.6 Å². The molecule has 0 unspecified atom stereocenters. The number of aryl methyl sites for hydroxylation is 1. The third-order valence-corrected chi connectivity index (χ3v) is 5.40. The number of piperazine rings is 1. The molecular weight excluding hydrogens is 390 g/mol. The van der Waals surface area contributed by atoms with Crippen LogP contribution in [0.15, 0.2) is 47.0 Å². The number of halogens is 2. The molecule has 2 aromatic carbocycles. The molecule has 0 atom stereocenters. The molecule has 0 saturated carbocycles. The normalized spacial score (nSPS) is 14.1. The van der Waals surface area contributed by atoms with E-state index in [1.807, 2.05) is 32.0 Å². The molecule has 1 saturated heterocycles. The van der Waals surface area contributed by atoms with E-state index in [9.17, 15) is 13.6 Å². The average Bonchev–Trinajstić information content (AvgIpc) is 3.06. The smallest absolute Gasteiger partial charge is 0.324 e. The van der Waals surface area contributed by atoms with E-state index in [0.717, 1.165) is 23.0 Å². The van der Waals surface area contributed by atoms with Crippen LogP contribution < -0.4 is 10.2 Å². The number of carbonyl (C=O) groups excluding carboxylic acids is 1. The number of hydrogen-bond acceptors (Lipinski definition) is 4. The van der Waals surface area contributed by atoms with Gasteiger partial charge in [-0.1, -0.05) is 17.3 Å². The first-order valence-electron chi connectivity index (χ1n) is 9.71. The van der Waals surface area contributed by atoms with E-state index < -0.39 is 11.6 Å². The second-order valence-corrected chi connectivity index (χ2v) is 7.30. The molecule has 156 valence electrons. The van der Waals surface area contributed by atoms with Gasteiger partial charge >= 0.3 is 6.03 Å². The molecule has 1 fully saturated rings. The van der Waals surface area contributed by atoms with Crippen molar-refractivity contribution in [2.75, 3.05) is 36.4 Å². The van der Waals surface area contributed by atoms with Gasteiger partial charge in [-0.3, -0.25) is 5.32 Å². The van der Waals surface area contributed by atoms with Crippen molar-refractivity contribution in [1.29, 1.82) is 0 Å². The predicted molar refractivity (Wildman–Crippen MR) is 111 cm³/mol.